The number of halogens is 4. The fraction of sp³-hybridized carbons (Fsp3) is 0.467. The number of carbonyl (C=O) groups excluding carboxylic acids is 2. The molecule has 2 amide bonds. The molecule has 5 nitrogen and oxygen atoms in total. The van der Waals surface area contributed by atoms with Crippen molar-refractivity contribution in [3.63, 3.8) is 0 Å². The number of thioether (sulfide) groups is 1. The van der Waals surface area contributed by atoms with E-state index in [-0.39, 0.29) is 17.1 Å². The second-order valence-corrected chi connectivity index (χ2v) is 6.09. The highest BCUT2D eigenvalue weighted by Gasteiger charge is 2.28. The van der Waals surface area contributed by atoms with Gasteiger partial charge in [-0.1, -0.05) is 0 Å². The Morgan fingerprint density at radius 2 is 1.96 bits per heavy atom. The lowest BCUT2D eigenvalue weighted by atomic mass is 10.1. The van der Waals surface area contributed by atoms with Gasteiger partial charge in [0.15, 0.2) is 0 Å². The number of hydrogen-bond acceptors (Lipinski definition) is 4. The van der Waals surface area contributed by atoms with Crippen molar-refractivity contribution in [2.75, 3.05) is 19.4 Å². The molecule has 25 heavy (non-hydrogen) atoms. The number of benzene rings is 1. The third-order valence-corrected chi connectivity index (χ3v) is 4.21. The normalized spacial score (nSPS) is 11.2. The van der Waals surface area contributed by atoms with Crippen molar-refractivity contribution in [2.45, 2.75) is 31.3 Å². The van der Waals surface area contributed by atoms with Crippen LogP contribution in [0.15, 0.2) is 17.0 Å². The molecule has 0 saturated heterocycles. The molecule has 0 aliphatic rings. The van der Waals surface area contributed by atoms with Gasteiger partial charge in [-0.2, -0.15) is 13.2 Å². The molecular formula is C15H18F4N2O3S. The largest absolute Gasteiger partial charge is 0.449 e. The third-order valence-electron chi connectivity index (χ3n) is 2.99. The minimum absolute atomic E-state index is 0.0576. The van der Waals surface area contributed by atoms with Crippen LogP contribution >= 0.6 is 11.8 Å². The molecule has 0 heterocycles. The number of aryl methyl sites for hydroxylation is 1. The summed E-state index contributed by atoms with van der Waals surface area (Å²) in [6.07, 6.45) is -5.62. The topological polar surface area (TPSA) is 58.6 Å². The summed E-state index contributed by atoms with van der Waals surface area (Å²) in [5.41, 5.74) is 2.43. The van der Waals surface area contributed by atoms with Crippen molar-refractivity contribution < 1.29 is 31.9 Å². The summed E-state index contributed by atoms with van der Waals surface area (Å²) < 4.78 is 55.6. The number of hydrogen-bond donors (Lipinski definition) is 1. The maximum absolute atomic E-state index is 14.0. The lowest BCUT2D eigenvalue weighted by Crippen LogP contribution is -2.44. The Morgan fingerprint density at radius 1 is 1.32 bits per heavy atom. The number of alkyl halides is 3. The summed E-state index contributed by atoms with van der Waals surface area (Å²) in [5, 5.41) is 0.833. The van der Waals surface area contributed by atoms with Gasteiger partial charge in [-0.3, -0.25) is 9.80 Å². The van der Waals surface area contributed by atoms with Crippen molar-refractivity contribution in [1.29, 1.82) is 0 Å². The smallest absolute Gasteiger partial charge is 0.426 e. The van der Waals surface area contributed by atoms with Gasteiger partial charge in [0, 0.05) is 11.9 Å². The van der Waals surface area contributed by atoms with E-state index < -0.39 is 36.2 Å². The van der Waals surface area contributed by atoms with E-state index in [0.717, 1.165) is 11.1 Å². The summed E-state index contributed by atoms with van der Waals surface area (Å²) >= 11 is 0.523. The van der Waals surface area contributed by atoms with Gasteiger partial charge in [0.25, 0.3) is 0 Å². The molecule has 140 valence electrons. The standard InChI is InChI=1S/C15H18F4N2O3S/c1-4-24-14(23)20-21(3)13(22)7-10-6-12(9(2)5-11(10)16)25-8-15(17,18)19/h5-6H,4,7-8H2,1-3H3,(H,20,23). The molecule has 1 aromatic carbocycles. The van der Waals surface area contributed by atoms with Crippen molar-refractivity contribution in [2.24, 2.45) is 0 Å². The van der Waals surface area contributed by atoms with Gasteiger partial charge in [0.2, 0.25) is 5.91 Å². The van der Waals surface area contributed by atoms with Crippen LogP contribution in [0.1, 0.15) is 18.1 Å². The zero-order chi connectivity index (χ0) is 19.2. The molecule has 1 N–H and O–H groups in total. The molecule has 0 atom stereocenters. The van der Waals surface area contributed by atoms with E-state index in [9.17, 15) is 27.2 Å². The SMILES string of the molecule is CCOC(=O)NN(C)C(=O)Cc1cc(SCC(F)(F)F)c(C)cc1F. The molecule has 0 fully saturated rings. The zero-order valence-corrected chi connectivity index (χ0v) is 14.7. The van der Waals surface area contributed by atoms with Gasteiger partial charge in [0.1, 0.15) is 5.82 Å². The summed E-state index contributed by atoms with van der Waals surface area (Å²) in [6, 6.07) is 2.30. The first-order chi connectivity index (χ1) is 11.5. The number of nitrogens with one attached hydrogen (secondary N) is 1. The van der Waals surface area contributed by atoms with E-state index in [4.69, 9.17) is 0 Å². The van der Waals surface area contributed by atoms with Crippen molar-refractivity contribution in [3.05, 3.63) is 29.1 Å². The summed E-state index contributed by atoms with van der Waals surface area (Å²) in [4.78, 5) is 23.5. The molecule has 0 aliphatic carbocycles. The van der Waals surface area contributed by atoms with Gasteiger partial charge in [-0.25, -0.2) is 14.6 Å². The van der Waals surface area contributed by atoms with Crippen molar-refractivity contribution in [3.8, 4) is 0 Å². The molecule has 0 spiro atoms. The average molecular weight is 382 g/mol. The Bertz CT molecular complexity index is 638. The molecule has 0 aliphatic heterocycles. The number of nitrogens with zero attached hydrogens (tertiary/aromatic N) is 1. The van der Waals surface area contributed by atoms with Crippen LogP contribution in [-0.4, -0.2) is 42.6 Å². The predicted molar refractivity (Wildman–Crippen MR) is 84.5 cm³/mol. The lowest BCUT2D eigenvalue weighted by molar-refractivity contribution is -0.131. The number of ether oxygens (including phenoxy) is 1. The Morgan fingerprint density at radius 3 is 2.52 bits per heavy atom. The van der Waals surface area contributed by atoms with Gasteiger partial charge in [0.05, 0.1) is 18.8 Å². The van der Waals surface area contributed by atoms with Crippen LogP contribution in [0.2, 0.25) is 0 Å². The first-order valence-corrected chi connectivity index (χ1v) is 8.20. The highest BCUT2D eigenvalue weighted by molar-refractivity contribution is 7.99. The van der Waals surface area contributed by atoms with Crippen LogP contribution in [0.4, 0.5) is 22.4 Å². The van der Waals surface area contributed by atoms with Gasteiger partial charge < -0.3 is 4.74 Å². The van der Waals surface area contributed by atoms with Crippen molar-refractivity contribution in [1.82, 2.24) is 10.4 Å². The number of hydrazine groups is 1. The average Bonchev–Trinajstić information content (AvgIpc) is 2.47. The minimum atomic E-state index is -4.36. The summed E-state index contributed by atoms with van der Waals surface area (Å²) in [5.74, 6) is -2.47. The third kappa shape index (κ3) is 7.20. The quantitative estimate of drug-likeness (QED) is 0.481. The Kier molecular flexibility index (Phi) is 7.53. The van der Waals surface area contributed by atoms with Crippen molar-refractivity contribution >= 4 is 23.8 Å². The lowest BCUT2D eigenvalue weighted by Gasteiger charge is -2.18. The van der Waals surface area contributed by atoms with E-state index in [1.54, 1.807) is 6.92 Å². The molecule has 1 rings (SSSR count). The number of rotatable bonds is 5. The summed E-state index contributed by atoms with van der Waals surface area (Å²) in [7, 11) is 1.25. The Balaban J connectivity index is 2.83. The zero-order valence-electron chi connectivity index (χ0n) is 13.9. The highest BCUT2D eigenvalue weighted by atomic mass is 32.2. The molecule has 0 radical (unpaired) electrons. The Labute approximate surface area is 146 Å². The van der Waals surface area contributed by atoms with Crippen LogP contribution in [0.25, 0.3) is 0 Å². The van der Waals surface area contributed by atoms with E-state index >= 15 is 0 Å². The number of carbonyl (C=O) groups is 2. The van der Waals surface area contributed by atoms with E-state index in [1.807, 2.05) is 0 Å². The van der Waals surface area contributed by atoms with Gasteiger partial charge >= 0.3 is 12.3 Å². The molecule has 1 aromatic rings. The number of amides is 2. The molecule has 0 aromatic heterocycles. The highest BCUT2D eigenvalue weighted by Crippen LogP contribution is 2.31. The monoisotopic (exact) mass is 382 g/mol. The van der Waals surface area contributed by atoms with Crippen LogP contribution in [0.5, 0.6) is 0 Å². The molecular weight excluding hydrogens is 364 g/mol. The maximum Gasteiger partial charge on any atom is 0.426 e. The van der Waals surface area contributed by atoms with Crippen LogP contribution in [0.3, 0.4) is 0 Å². The fourth-order valence-electron chi connectivity index (χ4n) is 1.79. The first-order valence-electron chi connectivity index (χ1n) is 7.22. The number of likely N-dealkylation sites (N-methyl/N-ethyl adjacent to an activating group) is 1. The summed E-state index contributed by atoms with van der Waals surface area (Å²) in [6.45, 7) is 3.19. The second kappa shape index (κ2) is 8.93. The van der Waals surface area contributed by atoms with Crippen LogP contribution in [-0.2, 0) is 16.0 Å². The van der Waals surface area contributed by atoms with E-state index in [1.165, 1.54) is 20.0 Å². The van der Waals surface area contributed by atoms with Crippen LogP contribution < -0.4 is 5.43 Å². The predicted octanol–water partition coefficient (Wildman–Crippen LogP) is 3.45. The molecule has 0 unspecified atom stereocenters. The molecule has 0 saturated carbocycles. The van der Waals surface area contributed by atoms with E-state index in [2.05, 4.69) is 10.2 Å². The van der Waals surface area contributed by atoms with Gasteiger partial charge in [-0.05, 0) is 37.1 Å². The van der Waals surface area contributed by atoms with Crippen LogP contribution in [0, 0.1) is 12.7 Å². The second-order valence-electron chi connectivity index (χ2n) is 5.07. The maximum atomic E-state index is 14.0. The molecule has 0 bridgehead atoms. The molecule has 10 heteroatoms. The first kappa shape index (κ1) is 21.1. The fourth-order valence-corrected chi connectivity index (χ4v) is 2.62. The minimum Gasteiger partial charge on any atom is -0.449 e. The van der Waals surface area contributed by atoms with Gasteiger partial charge in [-0.15, -0.1) is 11.8 Å². The Hall–Kier alpha value is -1.97. The van der Waals surface area contributed by atoms with E-state index in [0.29, 0.717) is 17.3 Å².